The number of nitrogens with zero attached hydrogens (tertiary/aromatic N) is 1. The van der Waals surface area contributed by atoms with E-state index in [1.165, 1.54) is 42.0 Å². The number of benzene rings is 2. The normalized spacial score (nSPS) is 29.0. The van der Waals surface area contributed by atoms with Crippen LogP contribution in [0.1, 0.15) is 37.2 Å². The number of fused-ring (bicyclic) bond motifs is 3. The van der Waals surface area contributed by atoms with Crippen LogP contribution in [0.2, 0.25) is 0 Å². The predicted molar refractivity (Wildman–Crippen MR) is 87.0 cm³/mol. The van der Waals surface area contributed by atoms with Crippen LogP contribution >= 0.6 is 0 Å². The summed E-state index contributed by atoms with van der Waals surface area (Å²) in [4.78, 5) is 2.61. The minimum Gasteiger partial charge on any atom is -0.497 e. The highest BCUT2D eigenvalue weighted by molar-refractivity contribution is 5.84. The summed E-state index contributed by atoms with van der Waals surface area (Å²) in [6.07, 6.45) is 5.44. The monoisotopic (exact) mass is 281 g/mol. The van der Waals surface area contributed by atoms with Gasteiger partial charge in [0.25, 0.3) is 0 Å². The molecular formula is C19H23NO. The first-order valence-corrected chi connectivity index (χ1v) is 8.04. The van der Waals surface area contributed by atoms with Crippen molar-refractivity contribution in [3.05, 3.63) is 42.0 Å². The molecule has 2 aromatic carbocycles. The molecule has 2 aliphatic rings. The summed E-state index contributed by atoms with van der Waals surface area (Å²) >= 11 is 0. The number of piperidine rings is 1. The first-order valence-electron chi connectivity index (χ1n) is 8.04. The molecule has 2 bridgehead atoms. The molecule has 2 unspecified atom stereocenters. The number of rotatable bonds is 2. The van der Waals surface area contributed by atoms with Gasteiger partial charge in [-0.1, -0.05) is 24.3 Å². The van der Waals surface area contributed by atoms with Crippen molar-refractivity contribution in [3.8, 4) is 5.75 Å². The van der Waals surface area contributed by atoms with Crippen LogP contribution in [0.15, 0.2) is 36.4 Å². The summed E-state index contributed by atoms with van der Waals surface area (Å²) in [6, 6.07) is 15.0. The Balaban J connectivity index is 1.65. The second-order valence-corrected chi connectivity index (χ2v) is 6.69. The van der Waals surface area contributed by atoms with Crippen molar-refractivity contribution in [1.82, 2.24) is 4.90 Å². The number of ether oxygens (including phenoxy) is 1. The van der Waals surface area contributed by atoms with E-state index in [-0.39, 0.29) is 0 Å². The molecule has 110 valence electrons. The molecule has 0 radical (unpaired) electrons. The van der Waals surface area contributed by atoms with E-state index < -0.39 is 0 Å². The third-order valence-corrected chi connectivity index (χ3v) is 5.64. The lowest BCUT2D eigenvalue weighted by molar-refractivity contribution is 0.162. The van der Waals surface area contributed by atoms with Crippen LogP contribution in [0.5, 0.6) is 5.75 Å². The van der Waals surface area contributed by atoms with E-state index in [9.17, 15) is 0 Å². The first kappa shape index (κ1) is 13.1. The van der Waals surface area contributed by atoms with Crippen LogP contribution in [0.3, 0.4) is 0 Å². The minimum atomic E-state index is 0.741. The molecule has 0 aromatic heterocycles. The van der Waals surface area contributed by atoms with Gasteiger partial charge in [-0.25, -0.2) is 0 Å². The smallest absolute Gasteiger partial charge is 0.119 e. The van der Waals surface area contributed by atoms with Gasteiger partial charge >= 0.3 is 0 Å². The van der Waals surface area contributed by atoms with Crippen molar-refractivity contribution in [3.63, 3.8) is 0 Å². The molecule has 2 saturated heterocycles. The Labute approximate surface area is 126 Å². The van der Waals surface area contributed by atoms with Crippen LogP contribution in [0, 0.1) is 0 Å². The van der Waals surface area contributed by atoms with E-state index in [1.54, 1.807) is 7.11 Å². The van der Waals surface area contributed by atoms with E-state index in [4.69, 9.17) is 4.74 Å². The van der Waals surface area contributed by atoms with E-state index in [0.29, 0.717) is 0 Å². The lowest BCUT2D eigenvalue weighted by Crippen LogP contribution is -2.39. The highest BCUT2D eigenvalue weighted by atomic mass is 16.5. The Morgan fingerprint density at radius 1 is 0.952 bits per heavy atom. The fraction of sp³-hybridized carbons (Fsp3) is 0.474. The predicted octanol–water partition coefficient (Wildman–Crippen LogP) is 4.19. The number of methoxy groups -OCH3 is 1. The molecule has 0 N–H and O–H groups in total. The summed E-state index contributed by atoms with van der Waals surface area (Å²) in [7, 11) is 4.04. The molecular weight excluding hydrogens is 258 g/mol. The topological polar surface area (TPSA) is 12.5 Å². The van der Waals surface area contributed by atoms with E-state index in [1.807, 2.05) is 0 Å². The van der Waals surface area contributed by atoms with Crippen molar-refractivity contribution in [2.24, 2.45) is 0 Å². The first-order chi connectivity index (χ1) is 10.2. The molecule has 0 amide bonds. The van der Waals surface area contributed by atoms with Crippen LogP contribution in [0.25, 0.3) is 10.8 Å². The Morgan fingerprint density at radius 2 is 1.62 bits per heavy atom. The van der Waals surface area contributed by atoms with Gasteiger partial charge in [0.05, 0.1) is 7.11 Å². The van der Waals surface area contributed by atoms with Gasteiger partial charge in [0, 0.05) is 12.1 Å². The van der Waals surface area contributed by atoms with Crippen molar-refractivity contribution >= 4 is 10.8 Å². The summed E-state index contributed by atoms with van der Waals surface area (Å²) < 4.78 is 5.31. The molecule has 2 nitrogen and oxygen atoms in total. The quantitative estimate of drug-likeness (QED) is 0.818. The van der Waals surface area contributed by atoms with Gasteiger partial charge in [-0.2, -0.15) is 0 Å². The SMILES string of the molecule is COc1ccc2cc(C3CC4CCC(C3)N4C)ccc2c1. The molecule has 0 aliphatic carbocycles. The average Bonchev–Trinajstić information content (AvgIpc) is 2.75. The van der Waals surface area contributed by atoms with Crippen LogP contribution in [-0.4, -0.2) is 31.1 Å². The fourth-order valence-corrected chi connectivity index (χ4v) is 4.31. The zero-order chi connectivity index (χ0) is 14.4. The molecule has 2 atom stereocenters. The summed E-state index contributed by atoms with van der Waals surface area (Å²) in [5.41, 5.74) is 1.53. The van der Waals surface area contributed by atoms with E-state index in [0.717, 1.165) is 23.8 Å². The van der Waals surface area contributed by atoms with Gasteiger partial charge in [-0.15, -0.1) is 0 Å². The van der Waals surface area contributed by atoms with Crippen LogP contribution in [0.4, 0.5) is 0 Å². The van der Waals surface area contributed by atoms with Crippen molar-refractivity contribution in [1.29, 1.82) is 0 Å². The zero-order valence-corrected chi connectivity index (χ0v) is 12.9. The maximum Gasteiger partial charge on any atom is 0.119 e. The summed E-state index contributed by atoms with van der Waals surface area (Å²) in [5, 5.41) is 2.61. The Kier molecular flexibility index (Phi) is 3.15. The average molecular weight is 281 g/mol. The van der Waals surface area contributed by atoms with Gasteiger partial charge in [0.2, 0.25) is 0 Å². The number of hydrogen-bond acceptors (Lipinski definition) is 2. The van der Waals surface area contributed by atoms with E-state index in [2.05, 4.69) is 48.3 Å². The van der Waals surface area contributed by atoms with Gasteiger partial charge in [0.15, 0.2) is 0 Å². The highest BCUT2D eigenvalue weighted by Gasteiger charge is 2.38. The molecule has 2 heteroatoms. The second-order valence-electron chi connectivity index (χ2n) is 6.69. The molecule has 0 spiro atoms. The van der Waals surface area contributed by atoms with Gasteiger partial charge in [0.1, 0.15) is 5.75 Å². The maximum absolute atomic E-state index is 5.31. The van der Waals surface area contributed by atoms with Crippen LogP contribution < -0.4 is 4.74 Å². The molecule has 2 aromatic rings. The van der Waals surface area contributed by atoms with Crippen LogP contribution in [-0.2, 0) is 0 Å². The second kappa shape index (κ2) is 5.03. The van der Waals surface area contributed by atoms with Gasteiger partial charge in [-0.05, 0) is 67.1 Å². The fourth-order valence-electron chi connectivity index (χ4n) is 4.31. The minimum absolute atomic E-state index is 0.741. The van der Waals surface area contributed by atoms with Crippen molar-refractivity contribution in [2.75, 3.05) is 14.2 Å². The Hall–Kier alpha value is -1.54. The summed E-state index contributed by atoms with van der Waals surface area (Å²) in [5.74, 6) is 1.68. The third kappa shape index (κ3) is 2.22. The van der Waals surface area contributed by atoms with E-state index >= 15 is 0 Å². The third-order valence-electron chi connectivity index (χ3n) is 5.64. The Bertz CT molecular complexity index is 652. The zero-order valence-electron chi connectivity index (χ0n) is 12.9. The lowest BCUT2D eigenvalue weighted by atomic mass is 9.84. The standard InChI is InChI=1S/C19H23NO/c1-20-17-6-7-18(20)11-16(10-17)14-3-4-15-12-19(21-2)8-5-13(15)9-14/h3-5,8-9,12,16-18H,6-7,10-11H2,1-2H3. The molecule has 2 aliphatic heterocycles. The molecule has 2 heterocycles. The number of hydrogen-bond donors (Lipinski definition) is 0. The maximum atomic E-state index is 5.31. The van der Waals surface area contributed by atoms with Crippen molar-refractivity contribution in [2.45, 2.75) is 43.7 Å². The molecule has 21 heavy (non-hydrogen) atoms. The van der Waals surface area contributed by atoms with Gasteiger partial charge in [-0.3, -0.25) is 0 Å². The van der Waals surface area contributed by atoms with Crippen molar-refractivity contribution < 1.29 is 4.74 Å². The molecule has 4 rings (SSSR count). The molecule has 2 fully saturated rings. The Morgan fingerprint density at radius 3 is 2.33 bits per heavy atom. The van der Waals surface area contributed by atoms with Gasteiger partial charge < -0.3 is 9.64 Å². The molecule has 0 saturated carbocycles. The highest BCUT2D eigenvalue weighted by Crippen LogP contribution is 2.42. The lowest BCUT2D eigenvalue weighted by Gasteiger charge is -2.36. The summed E-state index contributed by atoms with van der Waals surface area (Å²) in [6.45, 7) is 0. The largest absolute Gasteiger partial charge is 0.497 e.